The second-order valence-corrected chi connectivity index (χ2v) is 3.42. The second-order valence-electron chi connectivity index (χ2n) is 3.42. The first-order chi connectivity index (χ1) is 8.11. The normalized spacial score (nSPS) is 9.47. The molecule has 0 unspecified atom stereocenters. The highest BCUT2D eigenvalue weighted by atomic mass is 16.6. The van der Waals surface area contributed by atoms with Gasteiger partial charge < -0.3 is 9.47 Å². The molecule has 0 aliphatic heterocycles. The fraction of sp³-hybridized carbons (Fsp3) is 0.231. The van der Waals surface area contributed by atoms with Crippen molar-refractivity contribution in [3.63, 3.8) is 0 Å². The summed E-state index contributed by atoms with van der Waals surface area (Å²) in [5, 5.41) is 0. The molecular weight excluding hydrogens is 220 g/mol. The minimum absolute atomic E-state index is 0.0320. The average molecular weight is 234 g/mol. The summed E-state index contributed by atoms with van der Waals surface area (Å²) < 4.78 is 9.69. The quantitative estimate of drug-likeness (QED) is 0.444. The number of carbonyl (C=O) groups is 2. The molecule has 0 atom stereocenters. The number of ether oxygens (including phenoxy) is 2. The standard InChI is InChI=1S/C13H14O4/c1-10(2)12(14)16-8-9-17-13(15)11-6-4-3-5-7-11/h3-7H,1,8-9H2,2H3. The third-order valence-electron chi connectivity index (χ3n) is 1.91. The Bertz CT molecular complexity index is 409. The molecule has 0 bridgehead atoms. The molecule has 0 aliphatic rings. The van der Waals surface area contributed by atoms with Gasteiger partial charge in [-0.15, -0.1) is 0 Å². The summed E-state index contributed by atoms with van der Waals surface area (Å²) in [5.74, 6) is -0.919. The molecule has 0 aromatic heterocycles. The zero-order chi connectivity index (χ0) is 12.7. The number of rotatable bonds is 5. The Balaban J connectivity index is 2.26. The molecule has 0 saturated heterocycles. The van der Waals surface area contributed by atoms with E-state index in [-0.39, 0.29) is 13.2 Å². The van der Waals surface area contributed by atoms with E-state index in [4.69, 9.17) is 9.47 Å². The van der Waals surface area contributed by atoms with Crippen molar-refractivity contribution in [2.45, 2.75) is 6.92 Å². The van der Waals surface area contributed by atoms with Crippen LogP contribution in [0.4, 0.5) is 0 Å². The van der Waals surface area contributed by atoms with Crippen LogP contribution in [-0.4, -0.2) is 25.2 Å². The number of hydrogen-bond donors (Lipinski definition) is 0. The van der Waals surface area contributed by atoms with Crippen LogP contribution in [0.3, 0.4) is 0 Å². The summed E-state index contributed by atoms with van der Waals surface area (Å²) >= 11 is 0. The molecule has 0 spiro atoms. The van der Waals surface area contributed by atoms with Crippen molar-refractivity contribution in [3.8, 4) is 0 Å². The van der Waals surface area contributed by atoms with Crippen LogP contribution in [0.2, 0.25) is 0 Å². The zero-order valence-electron chi connectivity index (χ0n) is 9.64. The van der Waals surface area contributed by atoms with Crippen LogP contribution in [-0.2, 0) is 14.3 Å². The van der Waals surface area contributed by atoms with Gasteiger partial charge in [0.1, 0.15) is 13.2 Å². The molecule has 0 amide bonds. The molecule has 0 N–H and O–H groups in total. The lowest BCUT2D eigenvalue weighted by Crippen LogP contribution is -2.14. The average Bonchev–Trinajstić information content (AvgIpc) is 2.35. The Morgan fingerprint density at radius 1 is 1.12 bits per heavy atom. The van der Waals surface area contributed by atoms with Gasteiger partial charge in [-0.2, -0.15) is 0 Å². The van der Waals surface area contributed by atoms with Gasteiger partial charge in [0.2, 0.25) is 0 Å². The fourth-order valence-electron chi connectivity index (χ4n) is 1.05. The molecule has 0 saturated carbocycles. The van der Waals surface area contributed by atoms with Crippen molar-refractivity contribution in [1.29, 1.82) is 0 Å². The van der Waals surface area contributed by atoms with Gasteiger partial charge in [0.05, 0.1) is 5.56 Å². The van der Waals surface area contributed by atoms with E-state index in [1.807, 2.05) is 6.07 Å². The molecule has 4 nitrogen and oxygen atoms in total. The molecule has 90 valence electrons. The second kappa shape index (κ2) is 6.48. The molecule has 17 heavy (non-hydrogen) atoms. The van der Waals surface area contributed by atoms with E-state index < -0.39 is 11.9 Å². The summed E-state index contributed by atoms with van der Waals surface area (Å²) in [6.07, 6.45) is 0. The summed E-state index contributed by atoms with van der Waals surface area (Å²) in [4.78, 5) is 22.4. The van der Waals surface area contributed by atoms with Crippen LogP contribution < -0.4 is 0 Å². The highest BCUT2D eigenvalue weighted by molar-refractivity contribution is 5.89. The Morgan fingerprint density at radius 2 is 1.71 bits per heavy atom. The maximum absolute atomic E-state index is 11.4. The lowest BCUT2D eigenvalue weighted by molar-refractivity contribution is -0.140. The van der Waals surface area contributed by atoms with Crippen molar-refractivity contribution >= 4 is 11.9 Å². The van der Waals surface area contributed by atoms with Crippen molar-refractivity contribution in [2.75, 3.05) is 13.2 Å². The fourth-order valence-corrected chi connectivity index (χ4v) is 1.05. The maximum atomic E-state index is 11.4. The van der Waals surface area contributed by atoms with Crippen molar-refractivity contribution in [2.24, 2.45) is 0 Å². The molecule has 4 heteroatoms. The Hall–Kier alpha value is -2.10. The van der Waals surface area contributed by atoms with E-state index >= 15 is 0 Å². The van der Waals surface area contributed by atoms with Crippen LogP contribution in [0.15, 0.2) is 42.5 Å². The van der Waals surface area contributed by atoms with Gasteiger partial charge in [-0.3, -0.25) is 0 Å². The van der Waals surface area contributed by atoms with E-state index in [1.54, 1.807) is 31.2 Å². The number of benzene rings is 1. The van der Waals surface area contributed by atoms with Crippen LogP contribution in [0.1, 0.15) is 17.3 Å². The minimum atomic E-state index is -0.485. The van der Waals surface area contributed by atoms with Crippen LogP contribution in [0, 0.1) is 0 Å². The van der Waals surface area contributed by atoms with E-state index in [0.717, 1.165) is 0 Å². The van der Waals surface area contributed by atoms with Crippen molar-refractivity contribution in [3.05, 3.63) is 48.0 Å². The minimum Gasteiger partial charge on any atom is -0.459 e. The first-order valence-electron chi connectivity index (χ1n) is 5.16. The van der Waals surface area contributed by atoms with Crippen LogP contribution in [0.25, 0.3) is 0 Å². The lowest BCUT2D eigenvalue weighted by atomic mass is 10.2. The van der Waals surface area contributed by atoms with E-state index in [0.29, 0.717) is 11.1 Å². The SMILES string of the molecule is C=C(C)C(=O)OCCOC(=O)c1ccccc1. The van der Waals surface area contributed by atoms with Crippen LogP contribution >= 0.6 is 0 Å². The molecule has 0 heterocycles. The highest BCUT2D eigenvalue weighted by Gasteiger charge is 2.07. The number of esters is 2. The smallest absolute Gasteiger partial charge is 0.338 e. The molecule has 1 aromatic carbocycles. The molecule has 0 fully saturated rings. The third kappa shape index (κ3) is 4.51. The van der Waals surface area contributed by atoms with Gasteiger partial charge in [0.15, 0.2) is 0 Å². The molecule has 1 aromatic rings. The van der Waals surface area contributed by atoms with Gasteiger partial charge in [-0.1, -0.05) is 24.8 Å². The monoisotopic (exact) mass is 234 g/mol. The predicted molar refractivity (Wildman–Crippen MR) is 62.5 cm³/mol. The van der Waals surface area contributed by atoms with Crippen molar-refractivity contribution < 1.29 is 19.1 Å². The summed E-state index contributed by atoms with van der Waals surface area (Å²) in [6.45, 7) is 5.05. The van der Waals surface area contributed by atoms with E-state index in [1.165, 1.54) is 0 Å². The lowest BCUT2D eigenvalue weighted by Gasteiger charge is -2.05. The largest absolute Gasteiger partial charge is 0.459 e. The summed E-state index contributed by atoms with van der Waals surface area (Å²) in [6, 6.07) is 8.62. The first-order valence-corrected chi connectivity index (χ1v) is 5.16. The summed E-state index contributed by atoms with van der Waals surface area (Å²) in [5.41, 5.74) is 0.790. The van der Waals surface area contributed by atoms with Gasteiger partial charge in [-0.25, -0.2) is 9.59 Å². The Morgan fingerprint density at radius 3 is 2.29 bits per heavy atom. The van der Waals surface area contributed by atoms with E-state index in [9.17, 15) is 9.59 Å². The predicted octanol–water partition coefficient (Wildman–Crippen LogP) is 1.96. The molecule has 0 aliphatic carbocycles. The topological polar surface area (TPSA) is 52.6 Å². The number of hydrogen-bond acceptors (Lipinski definition) is 4. The zero-order valence-corrected chi connectivity index (χ0v) is 9.64. The molecular formula is C13H14O4. The Labute approximate surface area is 99.8 Å². The summed E-state index contributed by atoms with van der Waals surface area (Å²) in [7, 11) is 0. The van der Waals surface area contributed by atoms with Gasteiger partial charge in [-0.05, 0) is 19.1 Å². The van der Waals surface area contributed by atoms with Gasteiger partial charge >= 0.3 is 11.9 Å². The van der Waals surface area contributed by atoms with Gasteiger partial charge in [0, 0.05) is 5.57 Å². The van der Waals surface area contributed by atoms with Crippen molar-refractivity contribution in [1.82, 2.24) is 0 Å². The van der Waals surface area contributed by atoms with E-state index in [2.05, 4.69) is 6.58 Å². The molecule has 0 radical (unpaired) electrons. The number of carbonyl (C=O) groups excluding carboxylic acids is 2. The maximum Gasteiger partial charge on any atom is 0.338 e. The van der Waals surface area contributed by atoms with Gasteiger partial charge in [0.25, 0.3) is 0 Å². The third-order valence-corrected chi connectivity index (χ3v) is 1.91. The molecule has 1 rings (SSSR count). The Kier molecular flexibility index (Phi) is 4.94. The first kappa shape index (κ1) is 13.0. The highest BCUT2D eigenvalue weighted by Crippen LogP contribution is 2.01. The van der Waals surface area contributed by atoms with Crippen LogP contribution in [0.5, 0.6) is 0 Å².